The molecule has 0 saturated carbocycles. The van der Waals surface area contributed by atoms with Crippen LogP contribution in [0.15, 0.2) is 42.5 Å². The van der Waals surface area contributed by atoms with E-state index in [1.807, 2.05) is 6.07 Å². The van der Waals surface area contributed by atoms with Crippen molar-refractivity contribution < 1.29 is 13.9 Å². The molecule has 5 heteroatoms. The van der Waals surface area contributed by atoms with Crippen molar-refractivity contribution in [1.82, 2.24) is 5.32 Å². The van der Waals surface area contributed by atoms with Gasteiger partial charge in [0, 0.05) is 18.2 Å². The molecule has 1 N–H and O–H groups in total. The van der Waals surface area contributed by atoms with Crippen molar-refractivity contribution in [2.75, 3.05) is 0 Å². The summed E-state index contributed by atoms with van der Waals surface area (Å²) in [7, 11) is 0. The lowest BCUT2D eigenvalue weighted by atomic mass is 10.0. The highest BCUT2D eigenvalue weighted by Gasteiger charge is 2.34. The lowest BCUT2D eigenvalue weighted by Gasteiger charge is -2.29. The van der Waals surface area contributed by atoms with E-state index in [1.165, 1.54) is 25.0 Å². The maximum atomic E-state index is 13.0. The Labute approximate surface area is 145 Å². The smallest absolute Gasteiger partial charge is 0.149 e. The molecule has 2 aromatic rings. The Bertz CT molecular complexity index is 710. The highest BCUT2D eigenvalue weighted by molar-refractivity contribution is 6.32. The molecule has 24 heavy (non-hydrogen) atoms. The lowest BCUT2D eigenvalue weighted by molar-refractivity contribution is 0.137. The van der Waals surface area contributed by atoms with Crippen LogP contribution >= 0.6 is 11.6 Å². The van der Waals surface area contributed by atoms with Crippen LogP contribution in [0.4, 0.5) is 4.39 Å². The van der Waals surface area contributed by atoms with Gasteiger partial charge < -0.3 is 14.8 Å². The molecule has 0 spiro atoms. The third-order valence-electron chi connectivity index (χ3n) is 4.68. The highest BCUT2D eigenvalue weighted by Crippen LogP contribution is 2.35. The normalized spacial score (nSPS) is 25.5. The van der Waals surface area contributed by atoms with Gasteiger partial charge in [-0.15, -0.1) is 0 Å². The minimum Gasteiger partial charge on any atom is -0.490 e. The Morgan fingerprint density at radius 2 is 1.62 bits per heavy atom. The zero-order chi connectivity index (χ0) is 16.5. The van der Waals surface area contributed by atoms with E-state index >= 15 is 0 Å². The fourth-order valence-electron chi connectivity index (χ4n) is 3.56. The number of rotatable bonds is 4. The molecular weight excluding hydrogens is 329 g/mol. The van der Waals surface area contributed by atoms with E-state index in [9.17, 15) is 4.39 Å². The van der Waals surface area contributed by atoms with E-state index in [0.717, 1.165) is 18.6 Å². The predicted octanol–water partition coefficient (Wildman–Crippen LogP) is 4.93. The molecule has 0 radical (unpaired) electrons. The number of nitrogens with one attached hydrogen (secondary N) is 1. The summed E-state index contributed by atoms with van der Waals surface area (Å²) in [6, 6.07) is 12.5. The van der Waals surface area contributed by atoms with Gasteiger partial charge in [0.2, 0.25) is 0 Å². The quantitative estimate of drug-likeness (QED) is 0.850. The zero-order valence-corrected chi connectivity index (χ0v) is 13.9. The molecule has 4 rings (SSSR count). The Morgan fingerprint density at radius 1 is 0.958 bits per heavy atom. The number of halogens is 2. The van der Waals surface area contributed by atoms with Gasteiger partial charge >= 0.3 is 0 Å². The van der Waals surface area contributed by atoms with Crippen LogP contribution in [-0.4, -0.2) is 18.2 Å². The molecule has 2 aromatic carbocycles. The fraction of sp³-hybridized carbons (Fsp3) is 0.368. The molecular formula is C19H19ClFNO2. The van der Waals surface area contributed by atoms with Crippen LogP contribution in [0.25, 0.3) is 0 Å². The monoisotopic (exact) mass is 347 g/mol. The number of ether oxygens (including phenoxy) is 2. The van der Waals surface area contributed by atoms with Crippen molar-refractivity contribution in [2.24, 2.45) is 0 Å². The first-order chi connectivity index (χ1) is 11.7. The van der Waals surface area contributed by atoms with Crippen molar-refractivity contribution in [3.8, 4) is 17.2 Å². The third-order valence-corrected chi connectivity index (χ3v) is 4.99. The van der Waals surface area contributed by atoms with Crippen LogP contribution in [-0.2, 0) is 0 Å². The summed E-state index contributed by atoms with van der Waals surface area (Å²) in [5.74, 6) is 1.50. The topological polar surface area (TPSA) is 30.5 Å². The molecule has 2 bridgehead atoms. The largest absolute Gasteiger partial charge is 0.490 e. The van der Waals surface area contributed by atoms with E-state index < -0.39 is 0 Å². The summed E-state index contributed by atoms with van der Waals surface area (Å²) >= 11 is 6.21. The lowest BCUT2D eigenvalue weighted by Crippen LogP contribution is -2.42. The summed E-state index contributed by atoms with van der Waals surface area (Å²) in [4.78, 5) is 0. The second kappa shape index (κ2) is 6.61. The second-order valence-corrected chi connectivity index (χ2v) is 6.90. The first kappa shape index (κ1) is 15.7. The van der Waals surface area contributed by atoms with Gasteiger partial charge in [-0.1, -0.05) is 11.6 Å². The Balaban J connectivity index is 1.47. The van der Waals surface area contributed by atoms with Crippen LogP contribution in [0.5, 0.6) is 17.2 Å². The van der Waals surface area contributed by atoms with E-state index in [2.05, 4.69) is 5.32 Å². The van der Waals surface area contributed by atoms with Gasteiger partial charge in [0.05, 0.1) is 5.02 Å². The minimum atomic E-state index is -0.300. The highest BCUT2D eigenvalue weighted by atomic mass is 35.5. The van der Waals surface area contributed by atoms with Crippen LogP contribution in [0.2, 0.25) is 5.02 Å². The number of fused-ring (bicyclic) bond motifs is 2. The standard InChI is InChI=1S/C19H19ClFNO2/c20-18-8-7-16(23-17-9-13-3-4-14(10-17)22-13)11-19(18)24-15-5-1-12(21)2-6-15/h1-2,5-8,11,13-14,17,22H,3-4,9-10H2/t13-,14+,17-. The number of hydrogen-bond donors (Lipinski definition) is 1. The molecule has 2 saturated heterocycles. The van der Waals surface area contributed by atoms with Crippen LogP contribution in [0.1, 0.15) is 25.7 Å². The summed E-state index contributed by atoms with van der Waals surface area (Å²) in [5, 5.41) is 4.10. The van der Waals surface area contributed by atoms with Gasteiger partial charge in [0.1, 0.15) is 29.2 Å². The number of hydrogen-bond acceptors (Lipinski definition) is 3. The van der Waals surface area contributed by atoms with Crippen molar-refractivity contribution >= 4 is 11.6 Å². The molecule has 3 atom stereocenters. The molecule has 0 aliphatic carbocycles. The maximum absolute atomic E-state index is 13.0. The van der Waals surface area contributed by atoms with Crippen LogP contribution in [0.3, 0.4) is 0 Å². The Kier molecular flexibility index (Phi) is 4.33. The van der Waals surface area contributed by atoms with Gasteiger partial charge in [0.25, 0.3) is 0 Å². The molecule has 0 amide bonds. The average molecular weight is 348 g/mol. The second-order valence-electron chi connectivity index (χ2n) is 6.50. The molecule has 0 aromatic heterocycles. The fourth-order valence-corrected chi connectivity index (χ4v) is 3.71. The summed E-state index contributed by atoms with van der Waals surface area (Å²) in [6.45, 7) is 0. The van der Waals surface area contributed by atoms with Crippen molar-refractivity contribution in [3.05, 3.63) is 53.3 Å². The average Bonchev–Trinajstić information content (AvgIpc) is 2.91. The van der Waals surface area contributed by atoms with Crippen molar-refractivity contribution in [3.63, 3.8) is 0 Å². The molecule has 2 aliphatic rings. The van der Waals surface area contributed by atoms with Gasteiger partial charge in [-0.3, -0.25) is 0 Å². The zero-order valence-electron chi connectivity index (χ0n) is 13.2. The van der Waals surface area contributed by atoms with Crippen molar-refractivity contribution in [1.29, 1.82) is 0 Å². The number of benzene rings is 2. The predicted molar refractivity (Wildman–Crippen MR) is 91.5 cm³/mol. The minimum absolute atomic E-state index is 0.226. The molecule has 2 aliphatic heterocycles. The molecule has 126 valence electrons. The van der Waals surface area contributed by atoms with E-state index in [-0.39, 0.29) is 11.9 Å². The summed E-state index contributed by atoms with van der Waals surface area (Å²) < 4.78 is 24.9. The molecule has 2 fully saturated rings. The Morgan fingerprint density at radius 3 is 2.33 bits per heavy atom. The first-order valence-corrected chi connectivity index (χ1v) is 8.69. The van der Waals surface area contributed by atoms with Crippen LogP contribution < -0.4 is 14.8 Å². The van der Waals surface area contributed by atoms with Crippen LogP contribution in [0, 0.1) is 5.82 Å². The molecule has 3 nitrogen and oxygen atoms in total. The molecule has 2 heterocycles. The van der Waals surface area contributed by atoms with Gasteiger partial charge in [0.15, 0.2) is 0 Å². The first-order valence-electron chi connectivity index (χ1n) is 8.31. The Hall–Kier alpha value is -1.78. The van der Waals surface area contributed by atoms with Gasteiger partial charge in [-0.2, -0.15) is 0 Å². The van der Waals surface area contributed by atoms with E-state index in [1.54, 1.807) is 24.3 Å². The maximum Gasteiger partial charge on any atom is 0.149 e. The summed E-state index contributed by atoms with van der Waals surface area (Å²) in [5.41, 5.74) is 0. The summed E-state index contributed by atoms with van der Waals surface area (Å²) in [6.07, 6.45) is 4.78. The number of piperidine rings is 1. The van der Waals surface area contributed by atoms with E-state index in [4.69, 9.17) is 21.1 Å². The SMILES string of the molecule is Fc1ccc(Oc2cc(O[C@@H]3C[C@H]4CC[C@@H](C3)N4)ccc2Cl)cc1. The molecule has 0 unspecified atom stereocenters. The van der Waals surface area contributed by atoms with E-state index in [0.29, 0.717) is 28.6 Å². The van der Waals surface area contributed by atoms with Gasteiger partial charge in [-0.25, -0.2) is 4.39 Å². The third kappa shape index (κ3) is 3.50. The van der Waals surface area contributed by atoms with Crippen molar-refractivity contribution in [2.45, 2.75) is 43.9 Å². The van der Waals surface area contributed by atoms with Gasteiger partial charge in [-0.05, 0) is 62.1 Å².